The Hall–Kier alpha value is 0.367. The summed E-state index contributed by atoms with van der Waals surface area (Å²) in [4.78, 5) is 4.09. The van der Waals surface area contributed by atoms with Gasteiger partial charge in [-0.25, -0.2) is 10.3 Å². The maximum atomic E-state index is 7.13. The zero-order valence-corrected chi connectivity index (χ0v) is 15.3. The molecule has 17 heavy (non-hydrogen) atoms. The van der Waals surface area contributed by atoms with E-state index in [1.54, 1.807) is 0 Å². The molecule has 0 saturated carbocycles. The smallest absolute Gasteiger partial charge is 0.0862 e. The summed E-state index contributed by atoms with van der Waals surface area (Å²) in [5, 5.41) is 10.9. The van der Waals surface area contributed by atoms with Crippen molar-refractivity contribution in [2.75, 3.05) is 0 Å². The van der Waals surface area contributed by atoms with Crippen LogP contribution < -0.4 is 0 Å². The molecule has 0 aromatic heterocycles. The number of nitrogens with zero attached hydrogens (tertiary/aromatic N) is 2. The van der Waals surface area contributed by atoms with Crippen molar-refractivity contribution in [1.82, 2.24) is 0 Å². The topological polar surface area (TPSA) is 36.1 Å². The monoisotopic (exact) mass is 393 g/mol. The Morgan fingerprint density at radius 1 is 1.59 bits per heavy atom. The van der Waals surface area contributed by atoms with Crippen molar-refractivity contribution in [3.8, 4) is 5.40 Å². The van der Waals surface area contributed by atoms with Crippen molar-refractivity contribution in [1.29, 1.82) is 5.26 Å². The van der Waals surface area contributed by atoms with E-state index >= 15 is 0 Å². The van der Waals surface area contributed by atoms with Crippen LogP contribution >= 0.6 is 12.2 Å². The Morgan fingerprint density at radius 2 is 2.06 bits per heavy atom. The summed E-state index contributed by atoms with van der Waals surface area (Å²) in [5.41, 5.74) is 1.09. The Balaban J connectivity index is -0.000000440. The second-order valence-electron chi connectivity index (χ2n) is 3.68. The Kier molecular flexibility index (Phi) is 19.1. The third kappa shape index (κ3) is 16.4. The fraction of sp³-hybridized carbons (Fsp3) is 0.500. The number of hydrogen-bond acceptors (Lipinski definition) is 4. The maximum absolute atomic E-state index is 7.13. The van der Waals surface area contributed by atoms with E-state index in [1.165, 1.54) is 11.0 Å². The van der Waals surface area contributed by atoms with E-state index in [9.17, 15) is 0 Å². The average molecular weight is 394 g/mol. The molecule has 0 aliphatic carbocycles. The SMILES string of the molecule is C=CC(C)(CCC=C(C)C)N=C=S.N#C[S-].[Ce]. The minimum absolute atomic E-state index is 0. The third-order valence-electron chi connectivity index (χ3n) is 1.94. The molecule has 0 aliphatic heterocycles. The summed E-state index contributed by atoms with van der Waals surface area (Å²) in [5.74, 6) is 0. The molecule has 0 fully saturated rings. The van der Waals surface area contributed by atoms with Crippen LogP contribution in [0, 0.1) is 52.4 Å². The predicted molar refractivity (Wildman–Crippen MR) is 75.3 cm³/mol. The van der Waals surface area contributed by atoms with E-state index in [2.05, 4.69) is 61.5 Å². The molecular formula is C12H17CeN2S2-. The van der Waals surface area contributed by atoms with Crippen molar-refractivity contribution in [3.05, 3.63) is 24.3 Å². The fourth-order valence-corrected chi connectivity index (χ4v) is 1.17. The Bertz CT molecular complexity index is 324. The molecule has 5 heteroatoms. The van der Waals surface area contributed by atoms with Crippen LogP contribution in [0.4, 0.5) is 0 Å². The molecule has 0 amide bonds. The van der Waals surface area contributed by atoms with Gasteiger partial charge >= 0.3 is 0 Å². The van der Waals surface area contributed by atoms with Gasteiger partial charge in [0.2, 0.25) is 0 Å². The first-order valence-electron chi connectivity index (χ1n) is 4.83. The van der Waals surface area contributed by atoms with Crippen molar-refractivity contribution in [3.63, 3.8) is 0 Å². The summed E-state index contributed by atoms with van der Waals surface area (Å²) in [6.07, 6.45) is 5.96. The third-order valence-corrected chi connectivity index (χ3v) is 2.04. The fourth-order valence-electron chi connectivity index (χ4n) is 0.961. The van der Waals surface area contributed by atoms with Crippen molar-refractivity contribution >= 4 is 30.0 Å². The van der Waals surface area contributed by atoms with Crippen molar-refractivity contribution in [2.45, 2.75) is 39.2 Å². The van der Waals surface area contributed by atoms with Gasteiger partial charge in [0.1, 0.15) is 0 Å². The second kappa shape index (κ2) is 14.4. The van der Waals surface area contributed by atoms with Gasteiger partial charge in [-0.2, -0.15) is 0 Å². The molecule has 0 bridgehead atoms. The molecule has 2 nitrogen and oxygen atoms in total. The Morgan fingerprint density at radius 3 is 2.35 bits per heavy atom. The number of hydrogen-bond donors (Lipinski definition) is 0. The van der Waals surface area contributed by atoms with Crippen LogP contribution in [0.1, 0.15) is 33.6 Å². The van der Waals surface area contributed by atoms with E-state index in [4.69, 9.17) is 5.26 Å². The number of thiocyanates is 1. The minimum atomic E-state index is -0.242. The first kappa shape index (κ1) is 22.5. The van der Waals surface area contributed by atoms with Gasteiger partial charge < -0.3 is 12.6 Å². The maximum Gasteiger partial charge on any atom is 0.0862 e. The second-order valence-corrected chi connectivity index (χ2v) is 4.04. The molecule has 0 heterocycles. The van der Waals surface area contributed by atoms with Crippen molar-refractivity contribution in [2.24, 2.45) is 4.99 Å². The molecule has 0 spiro atoms. The van der Waals surface area contributed by atoms with Crippen LogP contribution in [0.2, 0.25) is 0 Å². The summed E-state index contributed by atoms with van der Waals surface area (Å²) >= 11 is 8.29. The minimum Gasteiger partial charge on any atom is -0.696 e. The Labute approximate surface area is 149 Å². The van der Waals surface area contributed by atoms with Gasteiger partial charge in [0.25, 0.3) is 0 Å². The predicted octanol–water partition coefficient (Wildman–Crippen LogP) is 3.79. The zero-order valence-electron chi connectivity index (χ0n) is 10.5. The van der Waals surface area contributed by atoms with E-state index < -0.39 is 0 Å². The van der Waals surface area contributed by atoms with E-state index in [0.29, 0.717) is 0 Å². The summed E-state index contributed by atoms with van der Waals surface area (Å²) < 4.78 is 0. The molecule has 92 valence electrons. The number of nitriles is 1. The number of allylic oxidation sites excluding steroid dienone is 2. The number of aliphatic imine (C=N–C) groups is 1. The normalized spacial score (nSPS) is 10.9. The van der Waals surface area contributed by atoms with Crippen LogP contribution in [0.3, 0.4) is 0 Å². The van der Waals surface area contributed by atoms with Crippen LogP contribution in [0.15, 0.2) is 29.3 Å². The zero-order chi connectivity index (χ0) is 13.0. The number of rotatable bonds is 5. The average Bonchev–Trinajstić information content (AvgIpc) is 2.19. The molecule has 0 saturated heterocycles. The van der Waals surface area contributed by atoms with Gasteiger partial charge in [-0.05, 0) is 45.8 Å². The van der Waals surface area contributed by atoms with Gasteiger partial charge in [0, 0.05) is 41.7 Å². The largest absolute Gasteiger partial charge is 0.696 e. The summed E-state index contributed by atoms with van der Waals surface area (Å²) in [6.45, 7) is 9.94. The number of thiocarbonyl (C=S) groups is 1. The van der Waals surface area contributed by atoms with E-state index in [-0.39, 0.29) is 47.3 Å². The molecule has 0 aliphatic rings. The van der Waals surface area contributed by atoms with Gasteiger partial charge in [0.15, 0.2) is 0 Å². The van der Waals surface area contributed by atoms with Gasteiger partial charge in [-0.3, -0.25) is 0 Å². The van der Waals surface area contributed by atoms with E-state index in [0.717, 1.165) is 12.8 Å². The summed E-state index contributed by atoms with van der Waals surface area (Å²) in [6, 6.07) is 0. The van der Waals surface area contributed by atoms with Gasteiger partial charge in [-0.15, -0.1) is 6.58 Å². The molecule has 0 radical (unpaired) electrons. The quantitative estimate of drug-likeness (QED) is 0.234. The van der Waals surface area contributed by atoms with Gasteiger partial charge in [-0.1, -0.05) is 23.1 Å². The van der Waals surface area contributed by atoms with Crippen molar-refractivity contribution < 1.29 is 41.7 Å². The van der Waals surface area contributed by atoms with Gasteiger partial charge in [0.05, 0.1) is 10.7 Å². The molecule has 0 aromatic carbocycles. The van der Waals surface area contributed by atoms with E-state index in [1.807, 2.05) is 13.0 Å². The van der Waals surface area contributed by atoms with Crippen LogP contribution in [-0.4, -0.2) is 10.7 Å². The summed E-state index contributed by atoms with van der Waals surface area (Å²) in [7, 11) is 0. The first-order chi connectivity index (χ1) is 7.45. The number of isothiocyanates is 1. The van der Waals surface area contributed by atoms with Crippen LogP contribution in [0.5, 0.6) is 0 Å². The molecule has 0 N–H and O–H groups in total. The van der Waals surface area contributed by atoms with Crippen LogP contribution in [-0.2, 0) is 12.6 Å². The van der Waals surface area contributed by atoms with Crippen LogP contribution in [0.25, 0.3) is 0 Å². The first-order valence-corrected chi connectivity index (χ1v) is 5.64. The molecule has 0 aromatic rings. The molecule has 1 unspecified atom stereocenters. The molecule has 1 atom stereocenters. The standard InChI is InChI=1S/C11H17NS.CHNS.Ce/c1-5-11(4,12-9-13)8-6-7-10(2)3;2-1-3;/h5,7H,1,6,8H2,2-4H3;3H;/p-1. The molecule has 0 rings (SSSR count). The molecular weight excluding hydrogens is 376 g/mol.